The zero-order chi connectivity index (χ0) is 22.6. The van der Waals surface area contributed by atoms with Crippen molar-refractivity contribution in [1.29, 1.82) is 0 Å². The number of ether oxygens (including phenoxy) is 1. The fourth-order valence-electron chi connectivity index (χ4n) is 3.99. The van der Waals surface area contributed by atoms with Crippen LogP contribution >= 0.6 is 0 Å². The third-order valence-electron chi connectivity index (χ3n) is 5.68. The van der Waals surface area contributed by atoms with Crippen molar-refractivity contribution in [3.8, 4) is 17.3 Å². The second-order valence-corrected chi connectivity index (χ2v) is 7.63. The summed E-state index contributed by atoms with van der Waals surface area (Å²) in [6.45, 7) is 2.67. The van der Waals surface area contributed by atoms with Crippen molar-refractivity contribution in [1.82, 2.24) is 24.1 Å². The molecule has 0 spiro atoms. The zero-order valence-electron chi connectivity index (χ0n) is 18.7. The Bertz CT molecular complexity index is 1460. The van der Waals surface area contributed by atoms with Crippen LogP contribution in [0.1, 0.15) is 16.1 Å². The second kappa shape index (κ2) is 8.39. The maximum atomic E-state index is 12.3. The first kappa shape index (κ1) is 22.6. The molecule has 0 atom stereocenters. The van der Waals surface area contributed by atoms with Gasteiger partial charge >= 0.3 is 24.6 Å². The number of benzene rings is 1. The number of carbonyl (C=O) groups is 1. The van der Waals surface area contributed by atoms with Crippen LogP contribution in [0.15, 0.2) is 41.5 Å². The van der Waals surface area contributed by atoms with Gasteiger partial charge in [-0.05, 0) is 36.8 Å². The summed E-state index contributed by atoms with van der Waals surface area (Å²) in [4.78, 5) is 38.4. The van der Waals surface area contributed by atoms with Crippen molar-refractivity contribution in [2.75, 3.05) is 18.1 Å². The van der Waals surface area contributed by atoms with Gasteiger partial charge in [-0.1, -0.05) is 0 Å². The van der Waals surface area contributed by atoms with Crippen LogP contribution in [0.2, 0.25) is 0 Å². The Balaban J connectivity index is 0.00000259. The molecule has 0 bridgehead atoms. The number of aryl methyl sites for hydroxylation is 3. The van der Waals surface area contributed by atoms with Crippen LogP contribution in [0.5, 0.6) is 5.88 Å². The Morgan fingerprint density at radius 3 is 2.58 bits per heavy atom. The largest absolute Gasteiger partial charge is 1.00 e. The third kappa shape index (κ3) is 3.67. The monoisotopic (exact) mass is 438 g/mol. The van der Waals surface area contributed by atoms with Crippen LogP contribution in [-0.4, -0.2) is 43.2 Å². The summed E-state index contributed by atoms with van der Waals surface area (Å²) in [6, 6.07) is 7.50. The second-order valence-electron chi connectivity index (χ2n) is 7.63. The van der Waals surface area contributed by atoms with E-state index in [0.717, 1.165) is 16.7 Å². The molecule has 3 aromatic heterocycles. The molecule has 4 heterocycles. The molecule has 162 valence electrons. The number of imidazole rings is 1. The van der Waals surface area contributed by atoms with Crippen LogP contribution in [0.4, 0.5) is 11.4 Å². The Labute approximate surface area is 200 Å². The molecule has 0 aliphatic carbocycles. The fraction of sp³-hybridized carbons (Fsp3) is 0.227. The zero-order valence-corrected chi connectivity index (χ0v) is 18.7. The summed E-state index contributed by atoms with van der Waals surface area (Å²) in [6.07, 6.45) is 3.08. The molecular weight excluding hydrogens is 419 g/mol. The SMILES string of the molecule is Cc1cc(-c2ncc3c(n2)OCCN3c2ccc3c(c2)n(C)c(=O)n3C)cnc1C(=O)[O-].[Li+]. The minimum absolute atomic E-state index is 0. The molecule has 0 fully saturated rings. The number of hydrogen-bond donors (Lipinski definition) is 0. The maximum Gasteiger partial charge on any atom is 1.00 e. The first-order valence-electron chi connectivity index (χ1n) is 9.96. The molecule has 5 rings (SSSR count). The van der Waals surface area contributed by atoms with Crippen molar-refractivity contribution in [3.05, 3.63) is 58.4 Å². The number of pyridine rings is 1. The number of anilines is 2. The quantitative estimate of drug-likeness (QED) is 0.335. The molecule has 0 N–H and O–H groups in total. The molecule has 0 saturated carbocycles. The van der Waals surface area contributed by atoms with Crippen molar-refractivity contribution < 1.29 is 33.5 Å². The molecule has 0 radical (unpaired) electrons. The van der Waals surface area contributed by atoms with E-state index < -0.39 is 5.97 Å². The molecule has 1 aliphatic rings. The van der Waals surface area contributed by atoms with Gasteiger partial charge in [0.05, 0.1) is 35.4 Å². The Kier molecular flexibility index (Phi) is 5.74. The average Bonchev–Trinajstić information content (AvgIpc) is 3.01. The number of fused-ring (bicyclic) bond motifs is 2. The number of carboxylic acids is 1. The van der Waals surface area contributed by atoms with Gasteiger partial charge in [-0.15, -0.1) is 0 Å². The van der Waals surface area contributed by atoms with E-state index in [1.165, 1.54) is 6.20 Å². The Hall–Kier alpha value is -3.61. The number of nitrogens with zero attached hydrogens (tertiary/aromatic N) is 6. The summed E-state index contributed by atoms with van der Waals surface area (Å²) < 4.78 is 9.02. The predicted molar refractivity (Wildman–Crippen MR) is 115 cm³/mol. The molecule has 33 heavy (non-hydrogen) atoms. The number of aromatic carboxylic acids is 1. The van der Waals surface area contributed by atoms with Crippen LogP contribution < -0.4 is 39.3 Å². The number of rotatable bonds is 3. The summed E-state index contributed by atoms with van der Waals surface area (Å²) in [5, 5.41) is 11.1. The number of carbonyl (C=O) groups excluding carboxylic acids is 1. The summed E-state index contributed by atoms with van der Waals surface area (Å²) in [7, 11) is 3.50. The summed E-state index contributed by atoms with van der Waals surface area (Å²) in [5.74, 6) is -0.524. The Morgan fingerprint density at radius 2 is 1.85 bits per heavy atom. The predicted octanol–water partition coefficient (Wildman–Crippen LogP) is -2.06. The minimum atomic E-state index is -1.33. The van der Waals surface area contributed by atoms with Gasteiger partial charge in [0.2, 0.25) is 5.88 Å². The van der Waals surface area contributed by atoms with Crippen LogP contribution in [0.3, 0.4) is 0 Å². The van der Waals surface area contributed by atoms with Crippen molar-refractivity contribution in [2.45, 2.75) is 6.92 Å². The van der Waals surface area contributed by atoms with Crippen molar-refractivity contribution >= 4 is 28.4 Å². The van der Waals surface area contributed by atoms with E-state index >= 15 is 0 Å². The van der Waals surface area contributed by atoms with Gasteiger partial charge in [0.15, 0.2) is 5.82 Å². The standard InChI is InChI=1S/C22H20N6O4.Li/c1-12-8-13(10-23-18(12)21(29)30)19-24-11-17-20(25-19)32-7-6-28(17)14-4-5-15-16(9-14)27(3)22(31)26(15)2;/h4-5,8-11H,6-7H2,1-3H3,(H,29,30);/q;+1/p-1. The van der Waals surface area contributed by atoms with Crippen molar-refractivity contribution in [3.63, 3.8) is 0 Å². The van der Waals surface area contributed by atoms with Crippen LogP contribution in [0.25, 0.3) is 22.4 Å². The first-order chi connectivity index (χ1) is 15.3. The third-order valence-corrected chi connectivity index (χ3v) is 5.68. The van der Waals surface area contributed by atoms with Crippen LogP contribution in [0, 0.1) is 6.92 Å². The molecule has 0 saturated heterocycles. The van der Waals surface area contributed by atoms with Gasteiger partial charge in [0, 0.05) is 31.5 Å². The first-order valence-corrected chi connectivity index (χ1v) is 9.96. The average molecular weight is 438 g/mol. The smallest absolute Gasteiger partial charge is 0.543 e. The number of aromatic nitrogens is 5. The fourth-order valence-corrected chi connectivity index (χ4v) is 3.99. The van der Waals surface area contributed by atoms with E-state index in [2.05, 4.69) is 15.0 Å². The van der Waals surface area contributed by atoms with Gasteiger partial charge in [0.1, 0.15) is 12.3 Å². The summed E-state index contributed by atoms with van der Waals surface area (Å²) in [5.41, 5.74) is 4.14. The van der Waals surface area contributed by atoms with Gasteiger partial charge < -0.3 is 19.5 Å². The van der Waals surface area contributed by atoms with E-state index in [9.17, 15) is 14.7 Å². The van der Waals surface area contributed by atoms with E-state index in [0.29, 0.717) is 41.7 Å². The van der Waals surface area contributed by atoms with Crippen molar-refractivity contribution in [2.24, 2.45) is 14.1 Å². The molecule has 1 aromatic carbocycles. The Morgan fingerprint density at radius 1 is 1.09 bits per heavy atom. The number of carboxylic acid groups (broad SMARTS) is 1. The minimum Gasteiger partial charge on any atom is -0.543 e. The van der Waals surface area contributed by atoms with E-state index in [4.69, 9.17) is 4.74 Å². The van der Waals surface area contributed by atoms with E-state index in [1.54, 1.807) is 42.4 Å². The molecule has 0 amide bonds. The maximum absolute atomic E-state index is 12.3. The molecule has 4 aromatic rings. The van der Waals surface area contributed by atoms with Crippen LogP contribution in [-0.2, 0) is 14.1 Å². The molecule has 0 unspecified atom stereocenters. The topological polar surface area (TPSA) is 118 Å². The molecule has 11 heteroatoms. The normalized spacial score (nSPS) is 12.8. The van der Waals surface area contributed by atoms with Gasteiger partial charge in [0.25, 0.3) is 0 Å². The van der Waals surface area contributed by atoms with E-state index in [-0.39, 0.29) is 30.2 Å². The summed E-state index contributed by atoms with van der Waals surface area (Å²) >= 11 is 0. The number of hydrogen-bond acceptors (Lipinski definition) is 8. The molecule has 1 aliphatic heterocycles. The van der Waals surface area contributed by atoms with E-state index in [1.807, 2.05) is 23.1 Å². The molecule has 10 nitrogen and oxygen atoms in total. The van der Waals surface area contributed by atoms with Gasteiger partial charge in [-0.25, -0.2) is 9.78 Å². The molecular formula is C22H19LiN6O4. The van der Waals surface area contributed by atoms with Gasteiger partial charge in [-0.2, -0.15) is 4.98 Å². The van der Waals surface area contributed by atoms with Gasteiger partial charge in [-0.3, -0.25) is 14.1 Å².